The van der Waals surface area contributed by atoms with Crippen LogP contribution >= 0.6 is 0 Å². The normalized spacial score (nSPS) is 12.8. The first kappa shape index (κ1) is 34.8. The number of nitrogens with zero attached hydrogens (tertiary/aromatic N) is 7. The Morgan fingerprint density at radius 1 is 0.961 bits per heavy atom. The molecule has 15 nitrogen and oxygen atoms in total. The largest absolute Gasteiger partial charge is 0.464 e. The lowest BCUT2D eigenvalue weighted by Gasteiger charge is -2.25. The van der Waals surface area contributed by atoms with Crippen LogP contribution in [-0.2, 0) is 29.0 Å². The molecule has 0 fully saturated rings. The van der Waals surface area contributed by atoms with Crippen LogP contribution in [0.1, 0.15) is 58.6 Å². The molecule has 5 aromatic rings. The Morgan fingerprint density at radius 3 is 2.41 bits per heavy atom. The predicted octanol–water partition coefficient (Wildman–Crippen LogP) is 7.25. The minimum atomic E-state index is -1.61. The number of imidazole rings is 1. The van der Waals surface area contributed by atoms with Crippen LogP contribution in [0, 0.1) is 12.7 Å². The topological polar surface area (TPSA) is 179 Å². The maximum Gasteiger partial charge on any atom is 0.424 e. The number of imide groups is 1. The number of pyridine rings is 2. The molecule has 0 aliphatic carbocycles. The summed E-state index contributed by atoms with van der Waals surface area (Å²) in [6, 6.07) is 5.14. The average Bonchev–Trinajstić information content (AvgIpc) is 3.58. The molecule has 1 aliphatic rings. The van der Waals surface area contributed by atoms with Gasteiger partial charge in [0.15, 0.2) is 11.6 Å². The number of carbonyl (C=O) groups excluding carboxylic acids is 2. The Labute approximate surface area is 292 Å². The highest BCUT2D eigenvalue weighted by Crippen LogP contribution is 2.39. The molecule has 51 heavy (non-hydrogen) atoms. The SMILES string of the molecule is Cc1c(-c2cc3cc(Nc4cc5n(n4)Cc4nccn4CC5)ncc3c(NC(=O)OC(C)(C)C)c2F)cncc1N(C(=O)O)C(=O)OC(C)(C)C. The molecule has 0 saturated carbocycles. The molecule has 266 valence electrons. The zero-order chi connectivity index (χ0) is 36.8. The van der Waals surface area contributed by atoms with E-state index in [2.05, 4.69) is 30.2 Å². The van der Waals surface area contributed by atoms with Gasteiger partial charge in [-0.25, -0.2) is 28.7 Å². The van der Waals surface area contributed by atoms with Crippen molar-refractivity contribution in [2.45, 2.75) is 79.2 Å². The smallest absolute Gasteiger partial charge is 0.424 e. The van der Waals surface area contributed by atoms with Crippen LogP contribution in [0.2, 0.25) is 0 Å². The van der Waals surface area contributed by atoms with Crippen molar-refractivity contribution < 1.29 is 33.4 Å². The van der Waals surface area contributed by atoms with E-state index in [1.165, 1.54) is 31.6 Å². The van der Waals surface area contributed by atoms with Crippen molar-refractivity contribution in [2.24, 2.45) is 0 Å². The number of hydrogen-bond donors (Lipinski definition) is 3. The Bertz CT molecular complexity index is 2180. The molecule has 5 heterocycles. The molecule has 1 aromatic carbocycles. The van der Waals surface area contributed by atoms with E-state index in [4.69, 9.17) is 14.6 Å². The second-order valence-corrected chi connectivity index (χ2v) is 14.1. The van der Waals surface area contributed by atoms with Crippen LogP contribution < -0.4 is 15.5 Å². The molecule has 0 spiro atoms. The zero-order valence-corrected chi connectivity index (χ0v) is 29.2. The van der Waals surface area contributed by atoms with Gasteiger partial charge in [-0.3, -0.25) is 15.0 Å². The fraction of sp³-hybridized carbons (Fsp3) is 0.343. The van der Waals surface area contributed by atoms with Gasteiger partial charge in [0.05, 0.1) is 24.1 Å². The Balaban J connectivity index is 1.43. The van der Waals surface area contributed by atoms with E-state index >= 15 is 4.39 Å². The van der Waals surface area contributed by atoms with Crippen molar-refractivity contribution in [3.8, 4) is 11.1 Å². The summed E-state index contributed by atoms with van der Waals surface area (Å²) in [4.78, 5) is 51.7. The highest BCUT2D eigenvalue weighted by molar-refractivity contribution is 6.10. The fourth-order valence-corrected chi connectivity index (χ4v) is 5.71. The van der Waals surface area contributed by atoms with Crippen LogP contribution in [-0.4, -0.2) is 63.9 Å². The van der Waals surface area contributed by atoms with Crippen molar-refractivity contribution in [3.05, 3.63) is 72.1 Å². The van der Waals surface area contributed by atoms with Crippen molar-refractivity contribution >= 4 is 52.1 Å². The third kappa shape index (κ3) is 7.44. The molecule has 0 unspecified atom stereocenters. The lowest BCUT2D eigenvalue weighted by Crippen LogP contribution is -2.40. The lowest BCUT2D eigenvalue weighted by molar-refractivity contribution is 0.0579. The summed E-state index contributed by atoms with van der Waals surface area (Å²) in [6.07, 6.45) is 4.76. The number of anilines is 4. The van der Waals surface area contributed by atoms with Gasteiger partial charge in [-0.15, -0.1) is 0 Å². The molecule has 1 aliphatic heterocycles. The maximum absolute atomic E-state index is 16.6. The number of ether oxygens (including phenoxy) is 2. The summed E-state index contributed by atoms with van der Waals surface area (Å²) in [5.74, 6) is 0.991. The van der Waals surface area contributed by atoms with Crippen LogP contribution in [0.5, 0.6) is 0 Å². The van der Waals surface area contributed by atoms with Gasteiger partial charge in [0.1, 0.15) is 22.8 Å². The number of rotatable bonds is 5. The van der Waals surface area contributed by atoms with Gasteiger partial charge in [-0.05, 0) is 71.5 Å². The summed E-state index contributed by atoms with van der Waals surface area (Å²) in [6.45, 7) is 12.7. The number of carboxylic acid groups (broad SMARTS) is 1. The predicted molar refractivity (Wildman–Crippen MR) is 187 cm³/mol. The molecule has 0 atom stereocenters. The molecule has 0 radical (unpaired) electrons. The number of carbonyl (C=O) groups is 3. The van der Waals surface area contributed by atoms with E-state index in [1.54, 1.807) is 53.8 Å². The van der Waals surface area contributed by atoms with Crippen molar-refractivity contribution in [3.63, 3.8) is 0 Å². The number of aromatic nitrogens is 6. The summed E-state index contributed by atoms with van der Waals surface area (Å²) in [5.41, 5.74) is -0.847. The summed E-state index contributed by atoms with van der Waals surface area (Å²) in [5, 5.41) is 21.2. The standard InChI is InChI=1S/C35H38FN9O6/c1-19-23(15-37-17-25(19)45(32(47)48)33(49)51-35(5,6)7)22-12-20-13-26(39-16-24(20)30(29(22)36)41-31(46)50-34(2,3)4)40-27-14-21-8-10-43-11-9-38-28(43)18-44(21)42-27/h9,11-17H,8,10,18H2,1-7H3,(H,41,46)(H,47,48)(H,39,40,42). The molecular weight excluding hydrogens is 661 g/mol. The van der Waals surface area contributed by atoms with E-state index in [0.29, 0.717) is 28.5 Å². The molecule has 0 bridgehead atoms. The number of nitrogens with one attached hydrogen (secondary N) is 2. The maximum atomic E-state index is 16.6. The Kier molecular flexibility index (Phi) is 8.87. The molecule has 6 rings (SSSR count). The molecule has 3 N–H and O–H groups in total. The average molecular weight is 700 g/mol. The van der Waals surface area contributed by atoms with Gasteiger partial charge in [-0.2, -0.15) is 10.00 Å². The van der Waals surface area contributed by atoms with Gasteiger partial charge in [0, 0.05) is 66.0 Å². The van der Waals surface area contributed by atoms with Crippen LogP contribution in [0.4, 0.5) is 41.8 Å². The van der Waals surface area contributed by atoms with E-state index < -0.39 is 35.3 Å². The first-order valence-electron chi connectivity index (χ1n) is 16.1. The number of benzene rings is 1. The van der Waals surface area contributed by atoms with Crippen LogP contribution in [0.3, 0.4) is 0 Å². The second-order valence-electron chi connectivity index (χ2n) is 14.1. The number of hydrogen-bond acceptors (Lipinski definition) is 10. The first-order chi connectivity index (χ1) is 24.0. The minimum absolute atomic E-state index is 0.0312. The number of halogens is 1. The summed E-state index contributed by atoms with van der Waals surface area (Å²) >= 11 is 0. The monoisotopic (exact) mass is 699 g/mol. The first-order valence-corrected chi connectivity index (χ1v) is 16.1. The number of amides is 3. The molecule has 3 amide bonds. The molecular formula is C35H38FN9O6. The van der Waals surface area contributed by atoms with Crippen molar-refractivity contribution in [1.82, 2.24) is 29.3 Å². The molecule has 4 aromatic heterocycles. The van der Waals surface area contributed by atoms with E-state index in [0.717, 1.165) is 24.5 Å². The Morgan fingerprint density at radius 2 is 1.71 bits per heavy atom. The lowest BCUT2D eigenvalue weighted by atomic mass is 9.97. The molecule has 0 saturated heterocycles. The zero-order valence-electron chi connectivity index (χ0n) is 29.2. The second kappa shape index (κ2) is 13.0. The number of fused-ring (bicyclic) bond motifs is 3. The van der Waals surface area contributed by atoms with Gasteiger partial charge < -0.3 is 24.5 Å². The van der Waals surface area contributed by atoms with Crippen LogP contribution in [0.15, 0.2) is 49.2 Å². The number of aryl methyl sites for hydroxylation is 2. The summed E-state index contributed by atoms with van der Waals surface area (Å²) < 4.78 is 31.4. The third-order valence-electron chi connectivity index (χ3n) is 7.90. The Hall–Kier alpha value is -6.06. The minimum Gasteiger partial charge on any atom is -0.464 e. The van der Waals surface area contributed by atoms with Gasteiger partial charge in [-0.1, -0.05) is 0 Å². The van der Waals surface area contributed by atoms with E-state index in [1.807, 2.05) is 16.9 Å². The quantitative estimate of drug-likeness (QED) is 0.168. The van der Waals surface area contributed by atoms with Gasteiger partial charge >= 0.3 is 18.3 Å². The summed E-state index contributed by atoms with van der Waals surface area (Å²) in [7, 11) is 0. The fourth-order valence-electron chi connectivity index (χ4n) is 5.71. The highest BCUT2D eigenvalue weighted by atomic mass is 19.1. The third-order valence-corrected chi connectivity index (χ3v) is 7.90. The van der Waals surface area contributed by atoms with Crippen LogP contribution in [0.25, 0.3) is 21.9 Å². The van der Waals surface area contributed by atoms with E-state index in [-0.39, 0.29) is 33.5 Å². The highest BCUT2D eigenvalue weighted by Gasteiger charge is 2.31. The van der Waals surface area contributed by atoms with Gasteiger partial charge in [0.25, 0.3) is 0 Å². The van der Waals surface area contributed by atoms with Gasteiger partial charge in [0.2, 0.25) is 0 Å². The van der Waals surface area contributed by atoms with E-state index in [9.17, 15) is 19.5 Å². The molecule has 16 heteroatoms. The van der Waals surface area contributed by atoms with Crippen molar-refractivity contribution in [2.75, 3.05) is 15.5 Å². The van der Waals surface area contributed by atoms with Crippen molar-refractivity contribution in [1.29, 1.82) is 0 Å².